The molecule has 0 aliphatic heterocycles. The smallest absolute Gasteiger partial charge is 0.102 e. The van der Waals surface area contributed by atoms with Crippen LogP contribution in [0.15, 0.2) is 54.6 Å². The summed E-state index contributed by atoms with van der Waals surface area (Å²) in [6.45, 7) is 7.31. The molecule has 0 fully saturated rings. The predicted molar refractivity (Wildman–Crippen MR) is 105 cm³/mol. The van der Waals surface area contributed by atoms with Crippen molar-refractivity contribution in [3.8, 4) is 0 Å². The Labute approximate surface area is 160 Å². The summed E-state index contributed by atoms with van der Waals surface area (Å²) in [6.07, 6.45) is -0.250. The molecule has 0 aliphatic carbocycles. The summed E-state index contributed by atoms with van der Waals surface area (Å²) >= 11 is 6.02. The molecule has 26 heavy (non-hydrogen) atoms. The topological polar surface area (TPSA) is 52.9 Å². The van der Waals surface area contributed by atoms with E-state index in [1.165, 1.54) is 0 Å². The molecule has 0 radical (unpaired) electrons. The van der Waals surface area contributed by atoms with E-state index in [2.05, 4.69) is 0 Å². The number of hydroxylamine groups is 2. The minimum Gasteiger partial charge on any atom is -0.394 e. The summed E-state index contributed by atoms with van der Waals surface area (Å²) < 4.78 is 0. The van der Waals surface area contributed by atoms with E-state index in [4.69, 9.17) is 16.4 Å². The number of hydrogen-bond donors (Lipinski definition) is 2. The van der Waals surface area contributed by atoms with Crippen molar-refractivity contribution in [1.29, 1.82) is 0 Å². The second kappa shape index (κ2) is 8.51. The van der Waals surface area contributed by atoms with E-state index < -0.39 is 11.1 Å². The van der Waals surface area contributed by atoms with Gasteiger partial charge >= 0.3 is 0 Å². The van der Waals surface area contributed by atoms with Crippen molar-refractivity contribution in [2.45, 2.75) is 44.9 Å². The number of nitrogens with zero attached hydrogens (tertiary/aromatic N) is 1. The number of aliphatic hydroxyl groups is 2. The number of benzene rings is 2. The minimum absolute atomic E-state index is 0.127. The van der Waals surface area contributed by atoms with Crippen molar-refractivity contribution in [2.24, 2.45) is 0 Å². The lowest BCUT2D eigenvalue weighted by molar-refractivity contribution is -0.309. The molecule has 0 aromatic heterocycles. The average molecular weight is 378 g/mol. The van der Waals surface area contributed by atoms with Gasteiger partial charge in [-0.05, 0) is 51.0 Å². The molecule has 0 heterocycles. The molecule has 0 spiro atoms. The van der Waals surface area contributed by atoms with Gasteiger partial charge in [0.15, 0.2) is 0 Å². The quantitative estimate of drug-likeness (QED) is 0.673. The van der Waals surface area contributed by atoms with Crippen LogP contribution in [0, 0.1) is 0 Å². The van der Waals surface area contributed by atoms with E-state index in [1.54, 1.807) is 17.2 Å². The Morgan fingerprint density at radius 3 is 2.04 bits per heavy atom. The van der Waals surface area contributed by atoms with E-state index in [9.17, 15) is 10.2 Å². The van der Waals surface area contributed by atoms with Gasteiger partial charge in [0.1, 0.15) is 6.10 Å². The second-order valence-electron chi connectivity index (χ2n) is 7.36. The maximum atomic E-state index is 10.3. The molecular formula is C21H28ClNO3. The molecule has 2 unspecified atom stereocenters. The Bertz CT molecular complexity index is 690. The highest BCUT2D eigenvalue weighted by atomic mass is 35.5. The van der Waals surface area contributed by atoms with Crippen LogP contribution in [0.25, 0.3) is 0 Å². The van der Waals surface area contributed by atoms with Crippen LogP contribution in [0.1, 0.15) is 44.9 Å². The summed E-state index contributed by atoms with van der Waals surface area (Å²) in [4.78, 5) is 6.31. The third-order valence-corrected chi connectivity index (χ3v) is 4.94. The molecule has 2 atom stereocenters. The molecule has 2 N–H and O–H groups in total. The van der Waals surface area contributed by atoms with Crippen molar-refractivity contribution in [1.82, 2.24) is 5.06 Å². The highest BCUT2D eigenvalue weighted by Crippen LogP contribution is 2.37. The molecule has 0 amide bonds. The van der Waals surface area contributed by atoms with Crippen LogP contribution in [-0.2, 0) is 10.4 Å². The van der Waals surface area contributed by atoms with Crippen molar-refractivity contribution in [3.05, 3.63) is 70.7 Å². The average Bonchev–Trinajstić information content (AvgIpc) is 2.66. The van der Waals surface area contributed by atoms with Gasteiger partial charge in [0, 0.05) is 5.02 Å². The second-order valence-corrected chi connectivity index (χ2v) is 7.80. The summed E-state index contributed by atoms with van der Waals surface area (Å²) in [6, 6.07) is 17.2. The van der Waals surface area contributed by atoms with E-state index in [0.717, 1.165) is 11.1 Å². The predicted octanol–water partition coefficient (Wildman–Crippen LogP) is 4.31. The molecule has 0 saturated heterocycles. The molecule has 142 valence electrons. The van der Waals surface area contributed by atoms with Gasteiger partial charge in [-0.2, -0.15) is 5.06 Å². The molecule has 4 nitrogen and oxygen atoms in total. The molecule has 0 saturated carbocycles. The van der Waals surface area contributed by atoms with E-state index in [-0.39, 0.29) is 19.3 Å². The fraction of sp³-hybridized carbons (Fsp3) is 0.429. The SMILES string of the molecule is CC(ON(C(C)(C)CO)C(C)(CO)c1ccc(Cl)cc1)c1ccccc1. The van der Waals surface area contributed by atoms with E-state index in [0.29, 0.717) is 5.02 Å². The zero-order chi connectivity index (χ0) is 19.4. The van der Waals surface area contributed by atoms with E-state index >= 15 is 0 Å². The largest absolute Gasteiger partial charge is 0.394 e. The number of aliphatic hydroxyl groups excluding tert-OH is 2. The lowest BCUT2D eigenvalue weighted by Gasteiger charge is -2.48. The first kappa shape index (κ1) is 20.9. The maximum Gasteiger partial charge on any atom is 0.102 e. The van der Waals surface area contributed by atoms with Crippen LogP contribution >= 0.6 is 11.6 Å². The number of halogens is 1. The van der Waals surface area contributed by atoms with Crippen molar-refractivity contribution in [3.63, 3.8) is 0 Å². The molecule has 0 bridgehead atoms. The van der Waals surface area contributed by atoms with Crippen LogP contribution in [0.4, 0.5) is 0 Å². The molecule has 2 aromatic rings. The lowest BCUT2D eigenvalue weighted by atomic mass is 9.88. The van der Waals surface area contributed by atoms with Crippen LogP contribution in [0.2, 0.25) is 5.02 Å². The summed E-state index contributed by atoms with van der Waals surface area (Å²) in [5.74, 6) is 0. The van der Waals surface area contributed by atoms with Gasteiger partial charge in [-0.1, -0.05) is 54.1 Å². The third kappa shape index (κ3) is 4.45. The fourth-order valence-electron chi connectivity index (χ4n) is 3.02. The molecule has 5 heteroatoms. The Kier molecular flexibility index (Phi) is 6.83. The summed E-state index contributed by atoms with van der Waals surface area (Å²) in [7, 11) is 0. The van der Waals surface area contributed by atoms with Gasteiger partial charge in [-0.25, -0.2) is 0 Å². The first-order valence-electron chi connectivity index (χ1n) is 8.74. The zero-order valence-corrected chi connectivity index (χ0v) is 16.6. The Morgan fingerprint density at radius 2 is 1.54 bits per heavy atom. The van der Waals surface area contributed by atoms with Crippen LogP contribution in [0.5, 0.6) is 0 Å². The van der Waals surface area contributed by atoms with Crippen LogP contribution in [0.3, 0.4) is 0 Å². The Morgan fingerprint density at radius 1 is 0.962 bits per heavy atom. The van der Waals surface area contributed by atoms with Gasteiger partial charge < -0.3 is 10.2 Å². The fourth-order valence-corrected chi connectivity index (χ4v) is 3.14. The minimum atomic E-state index is -0.861. The maximum absolute atomic E-state index is 10.3. The van der Waals surface area contributed by atoms with Crippen molar-refractivity contribution in [2.75, 3.05) is 13.2 Å². The third-order valence-electron chi connectivity index (χ3n) is 4.69. The zero-order valence-electron chi connectivity index (χ0n) is 15.8. The highest BCUT2D eigenvalue weighted by molar-refractivity contribution is 6.30. The number of rotatable bonds is 8. The van der Waals surface area contributed by atoms with Gasteiger partial charge in [-0.3, -0.25) is 4.84 Å². The van der Waals surface area contributed by atoms with Gasteiger partial charge in [-0.15, -0.1) is 0 Å². The Balaban J connectivity index is 2.43. The van der Waals surface area contributed by atoms with Crippen LogP contribution in [-0.4, -0.2) is 34.0 Å². The molecular weight excluding hydrogens is 350 g/mol. The van der Waals surface area contributed by atoms with Crippen molar-refractivity contribution < 1.29 is 15.1 Å². The Hall–Kier alpha value is -1.43. The van der Waals surface area contributed by atoms with Gasteiger partial charge in [0.05, 0.1) is 24.3 Å². The molecule has 2 rings (SSSR count). The van der Waals surface area contributed by atoms with Gasteiger partial charge in [0.2, 0.25) is 0 Å². The van der Waals surface area contributed by atoms with Crippen molar-refractivity contribution >= 4 is 11.6 Å². The normalized spacial score (nSPS) is 15.7. The van der Waals surface area contributed by atoms with Crippen LogP contribution < -0.4 is 0 Å². The summed E-state index contributed by atoms with van der Waals surface area (Å²) in [5, 5.41) is 22.6. The first-order chi connectivity index (χ1) is 12.2. The monoisotopic (exact) mass is 377 g/mol. The van der Waals surface area contributed by atoms with Gasteiger partial charge in [0.25, 0.3) is 0 Å². The highest BCUT2D eigenvalue weighted by Gasteiger charge is 2.44. The first-order valence-corrected chi connectivity index (χ1v) is 9.12. The molecule has 0 aliphatic rings. The number of hydrogen-bond acceptors (Lipinski definition) is 4. The lowest BCUT2D eigenvalue weighted by Crippen LogP contribution is -2.58. The summed E-state index contributed by atoms with van der Waals surface area (Å²) in [5.41, 5.74) is 0.286. The standard InChI is InChI=1S/C21H28ClNO3/c1-16(17-8-6-5-7-9-17)26-23(20(2,3)14-24)21(4,15-25)18-10-12-19(22)13-11-18/h5-13,16,24-25H,14-15H2,1-4H3. The van der Waals surface area contributed by atoms with E-state index in [1.807, 2.05) is 70.2 Å². The molecule has 2 aromatic carbocycles.